The molecule has 104 valence electrons. The zero-order valence-electron chi connectivity index (χ0n) is 9.88. The molecule has 0 radical (unpaired) electrons. The number of aliphatic carboxylic acids is 1. The normalized spacial score (nSPS) is 16.4. The zero-order chi connectivity index (χ0) is 14.7. The molecular weight excluding hydrogens is 322 g/mol. The lowest BCUT2D eigenvalue weighted by Gasteiger charge is -2.08. The molecule has 0 saturated carbocycles. The first-order valence-corrected chi connectivity index (χ1v) is 6.95. The van der Waals surface area contributed by atoms with Gasteiger partial charge < -0.3 is 15.2 Å². The molecule has 2 rings (SSSR count). The van der Waals surface area contributed by atoms with Crippen LogP contribution in [0.4, 0.5) is 0 Å². The number of amides is 1. The average molecular weight is 330 g/mol. The summed E-state index contributed by atoms with van der Waals surface area (Å²) in [6.45, 7) is -0.477. The van der Waals surface area contributed by atoms with Crippen molar-refractivity contribution in [2.75, 3.05) is 6.61 Å². The lowest BCUT2D eigenvalue weighted by Crippen LogP contribution is -2.17. The van der Waals surface area contributed by atoms with Crippen molar-refractivity contribution >= 4 is 57.9 Å². The van der Waals surface area contributed by atoms with Crippen LogP contribution in [0.25, 0.3) is 6.08 Å². The smallest absolute Gasteiger partial charge is 0.341 e. The zero-order valence-corrected chi connectivity index (χ0v) is 12.3. The van der Waals surface area contributed by atoms with E-state index in [1.165, 1.54) is 0 Å². The SMILES string of the molecule is O=C(O)COc1ccc(Cl)cc1/C=C1\SC(=S)NC1=O. The molecular formula is C12H8ClNO4S2. The minimum Gasteiger partial charge on any atom is -0.481 e. The summed E-state index contributed by atoms with van der Waals surface area (Å²) in [4.78, 5) is 22.5. The van der Waals surface area contributed by atoms with Gasteiger partial charge in [-0.1, -0.05) is 35.6 Å². The third-order valence-electron chi connectivity index (χ3n) is 2.25. The van der Waals surface area contributed by atoms with Gasteiger partial charge in [0.1, 0.15) is 10.1 Å². The molecule has 1 aliphatic heterocycles. The topological polar surface area (TPSA) is 75.6 Å². The van der Waals surface area contributed by atoms with Gasteiger partial charge in [-0.05, 0) is 24.3 Å². The van der Waals surface area contributed by atoms with E-state index in [0.29, 0.717) is 25.6 Å². The fraction of sp³-hybridized carbons (Fsp3) is 0.0833. The van der Waals surface area contributed by atoms with Gasteiger partial charge in [-0.3, -0.25) is 4.79 Å². The van der Waals surface area contributed by atoms with E-state index < -0.39 is 12.6 Å². The van der Waals surface area contributed by atoms with Crippen molar-refractivity contribution in [2.24, 2.45) is 0 Å². The molecule has 1 amide bonds. The summed E-state index contributed by atoms with van der Waals surface area (Å²) in [5.41, 5.74) is 0.515. The Hall–Kier alpha value is -1.57. The molecule has 1 aliphatic rings. The lowest BCUT2D eigenvalue weighted by atomic mass is 10.2. The molecule has 20 heavy (non-hydrogen) atoms. The molecule has 1 saturated heterocycles. The molecule has 0 aliphatic carbocycles. The van der Waals surface area contributed by atoms with Crippen LogP contribution in [-0.2, 0) is 9.59 Å². The third kappa shape index (κ3) is 3.72. The van der Waals surface area contributed by atoms with E-state index in [-0.39, 0.29) is 5.91 Å². The summed E-state index contributed by atoms with van der Waals surface area (Å²) in [5, 5.41) is 11.6. The van der Waals surface area contributed by atoms with Crippen LogP contribution in [0, 0.1) is 0 Å². The number of nitrogens with one attached hydrogen (secondary N) is 1. The highest BCUT2D eigenvalue weighted by molar-refractivity contribution is 8.26. The second kappa shape index (κ2) is 6.25. The highest BCUT2D eigenvalue weighted by atomic mass is 35.5. The Morgan fingerprint density at radius 1 is 1.55 bits per heavy atom. The number of carboxylic acid groups (broad SMARTS) is 1. The number of carbonyl (C=O) groups excluding carboxylic acids is 1. The summed E-state index contributed by atoms with van der Waals surface area (Å²) in [7, 11) is 0. The van der Waals surface area contributed by atoms with E-state index in [1.807, 2.05) is 0 Å². The van der Waals surface area contributed by atoms with Crippen LogP contribution in [0.15, 0.2) is 23.1 Å². The Labute approximate surface area is 128 Å². The van der Waals surface area contributed by atoms with Gasteiger partial charge >= 0.3 is 5.97 Å². The second-order valence-electron chi connectivity index (χ2n) is 3.72. The number of thioether (sulfide) groups is 1. The molecule has 2 N–H and O–H groups in total. The van der Waals surface area contributed by atoms with E-state index >= 15 is 0 Å². The molecule has 8 heteroatoms. The first kappa shape index (κ1) is 14.8. The number of thiocarbonyl (C=S) groups is 1. The average Bonchev–Trinajstić information content (AvgIpc) is 2.66. The minimum atomic E-state index is -1.09. The Morgan fingerprint density at radius 3 is 2.90 bits per heavy atom. The number of halogens is 1. The Kier molecular flexibility index (Phi) is 4.64. The quantitative estimate of drug-likeness (QED) is 0.652. The van der Waals surface area contributed by atoms with E-state index in [4.69, 9.17) is 33.7 Å². The maximum atomic E-state index is 11.6. The van der Waals surface area contributed by atoms with Crippen molar-refractivity contribution < 1.29 is 19.4 Å². The predicted octanol–water partition coefficient (Wildman–Crippen LogP) is 2.29. The molecule has 5 nitrogen and oxygen atoms in total. The van der Waals surface area contributed by atoms with Gasteiger partial charge in [0, 0.05) is 10.6 Å². The van der Waals surface area contributed by atoms with Crippen molar-refractivity contribution in [3.63, 3.8) is 0 Å². The van der Waals surface area contributed by atoms with Gasteiger partial charge in [0.05, 0.1) is 4.91 Å². The van der Waals surface area contributed by atoms with Crippen molar-refractivity contribution in [1.29, 1.82) is 0 Å². The van der Waals surface area contributed by atoms with Gasteiger partial charge in [0.2, 0.25) is 0 Å². The van der Waals surface area contributed by atoms with E-state index in [9.17, 15) is 9.59 Å². The van der Waals surface area contributed by atoms with Gasteiger partial charge in [-0.25, -0.2) is 4.79 Å². The fourth-order valence-corrected chi connectivity index (χ4v) is 2.68. The van der Waals surface area contributed by atoms with Gasteiger partial charge in [-0.15, -0.1) is 0 Å². The van der Waals surface area contributed by atoms with E-state index in [2.05, 4.69) is 5.32 Å². The van der Waals surface area contributed by atoms with Crippen LogP contribution in [-0.4, -0.2) is 27.9 Å². The Bertz CT molecular complexity index is 630. The molecule has 1 aromatic carbocycles. The summed E-state index contributed by atoms with van der Waals surface area (Å²) < 4.78 is 5.52. The van der Waals surface area contributed by atoms with Crippen molar-refractivity contribution in [3.05, 3.63) is 33.7 Å². The molecule has 1 fully saturated rings. The largest absolute Gasteiger partial charge is 0.481 e. The molecule has 0 aromatic heterocycles. The molecule has 0 unspecified atom stereocenters. The van der Waals surface area contributed by atoms with Gasteiger partial charge in [0.15, 0.2) is 6.61 Å². The number of rotatable bonds is 4. The van der Waals surface area contributed by atoms with E-state index in [1.54, 1.807) is 24.3 Å². The highest BCUT2D eigenvalue weighted by Crippen LogP contribution is 2.30. The van der Waals surface area contributed by atoms with Crippen LogP contribution >= 0.6 is 35.6 Å². The van der Waals surface area contributed by atoms with Crippen LogP contribution in [0.2, 0.25) is 5.02 Å². The van der Waals surface area contributed by atoms with Crippen molar-refractivity contribution in [2.45, 2.75) is 0 Å². The number of benzene rings is 1. The predicted molar refractivity (Wildman–Crippen MR) is 80.9 cm³/mol. The van der Waals surface area contributed by atoms with Crippen LogP contribution in [0.5, 0.6) is 5.75 Å². The summed E-state index contributed by atoms with van der Waals surface area (Å²) in [6, 6.07) is 4.71. The standard InChI is InChI=1S/C12H8ClNO4S2/c13-7-1-2-8(18-5-10(15)16)6(3-7)4-9-11(17)14-12(19)20-9/h1-4H,5H2,(H,15,16)(H,14,17,19)/b9-4-. The molecule has 0 atom stereocenters. The number of ether oxygens (including phenoxy) is 1. The number of carboxylic acids is 1. The molecule has 1 aromatic rings. The molecule has 0 bridgehead atoms. The van der Waals surface area contributed by atoms with Gasteiger partial charge in [0.25, 0.3) is 5.91 Å². The van der Waals surface area contributed by atoms with Crippen LogP contribution in [0.3, 0.4) is 0 Å². The third-order valence-corrected chi connectivity index (χ3v) is 3.65. The maximum absolute atomic E-state index is 11.6. The number of hydrogen-bond donors (Lipinski definition) is 2. The van der Waals surface area contributed by atoms with Crippen LogP contribution < -0.4 is 10.1 Å². The fourth-order valence-electron chi connectivity index (χ4n) is 1.47. The molecule has 0 spiro atoms. The summed E-state index contributed by atoms with van der Waals surface area (Å²) >= 11 is 11.9. The van der Waals surface area contributed by atoms with Crippen molar-refractivity contribution in [1.82, 2.24) is 5.32 Å². The summed E-state index contributed by atoms with van der Waals surface area (Å²) in [5.74, 6) is -1.06. The Morgan fingerprint density at radius 2 is 2.30 bits per heavy atom. The number of hydrogen-bond acceptors (Lipinski definition) is 5. The summed E-state index contributed by atoms with van der Waals surface area (Å²) in [6.07, 6.45) is 1.56. The second-order valence-corrected chi connectivity index (χ2v) is 5.87. The minimum absolute atomic E-state index is 0.302. The van der Waals surface area contributed by atoms with Gasteiger partial charge in [-0.2, -0.15) is 0 Å². The molecule has 1 heterocycles. The first-order valence-electron chi connectivity index (χ1n) is 5.34. The van der Waals surface area contributed by atoms with Crippen LogP contribution in [0.1, 0.15) is 5.56 Å². The van der Waals surface area contributed by atoms with E-state index in [0.717, 1.165) is 11.8 Å². The lowest BCUT2D eigenvalue weighted by molar-refractivity contribution is -0.139. The first-order chi connectivity index (χ1) is 9.45. The Balaban J connectivity index is 2.32. The monoisotopic (exact) mass is 329 g/mol. The maximum Gasteiger partial charge on any atom is 0.341 e. The highest BCUT2D eigenvalue weighted by Gasteiger charge is 2.22. The van der Waals surface area contributed by atoms with Crippen molar-refractivity contribution in [3.8, 4) is 5.75 Å². The number of carbonyl (C=O) groups is 2.